The number of carboxylic acid groups (broad SMARTS) is 1. The summed E-state index contributed by atoms with van der Waals surface area (Å²) < 4.78 is 16.1. The van der Waals surface area contributed by atoms with Gasteiger partial charge in [0.15, 0.2) is 0 Å². The van der Waals surface area contributed by atoms with Crippen molar-refractivity contribution in [3.63, 3.8) is 0 Å². The van der Waals surface area contributed by atoms with Crippen molar-refractivity contribution in [3.8, 4) is 0 Å². The fourth-order valence-corrected chi connectivity index (χ4v) is 2.41. The predicted molar refractivity (Wildman–Crippen MR) is 68.4 cm³/mol. The highest BCUT2D eigenvalue weighted by Gasteiger charge is 2.26. The summed E-state index contributed by atoms with van der Waals surface area (Å²) in [6.07, 6.45) is 1.62. The van der Waals surface area contributed by atoms with Crippen LogP contribution in [0.4, 0.5) is 0 Å². The van der Waals surface area contributed by atoms with E-state index in [1.54, 1.807) is 4.90 Å². The van der Waals surface area contributed by atoms with E-state index in [0.29, 0.717) is 26.3 Å². The van der Waals surface area contributed by atoms with Crippen molar-refractivity contribution in [3.05, 3.63) is 0 Å². The van der Waals surface area contributed by atoms with Crippen LogP contribution < -0.4 is 0 Å². The van der Waals surface area contributed by atoms with Gasteiger partial charge in [0, 0.05) is 19.7 Å². The number of carbonyl (C=O) groups excluding carboxylic acids is 1. The molecule has 7 nitrogen and oxygen atoms in total. The average molecular weight is 287 g/mol. The van der Waals surface area contributed by atoms with Crippen LogP contribution in [0.25, 0.3) is 0 Å². The standard InChI is InChI=1S/C13H21NO6/c15-12(9-18-8-10-2-1-4-19-10)14-3-5-20-11(7-14)6-13(16)17/h10-11H,1-9H2,(H,16,17)/t10-,11+/m1/s1. The molecule has 2 aliphatic rings. The first-order valence-corrected chi connectivity index (χ1v) is 6.95. The molecule has 0 saturated carbocycles. The highest BCUT2D eigenvalue weighted by Crippen LogP contribution is 2.12. The van der Waals surface area contributed by atoms with Gasteiger partial charge in [0.2, 0.25) is 5.91 Å². The summed E-state index contributed by atoms with van der Waals surface area (Å²) in [6.45, 7) is 2.39. The summed E-state index contributed by atoms with van der Waals surface area (Å²) in [7, 11) is 0. The second kappa shape index (κ2) is 7.56. The first-order chi connectivity index (χ1) is 9.65. The Morgan fingerprint density at radius 3 is 2.75 bits per heavy atom. The number of nitrogens with zero attached hydrogens (tertiary/aromatic N) is 1. The van der Waals surface area contributed by atoms with Crippen molar-refractivity contribution in [2.24, 2.45) is 0 Å². The van der Waals surface area contributed by atoms with Crippen LogP contribution in [-0.4, -0.2) is 73.6 Å². The Balaban J connectivity index is 1.67. The molecule has 20 heavy (non-hydrogen) atoms. The number of hydrogen-bond acceptors (Lipinski definition) is 5. The molecule has 2 aliphatic heterocycles. The van der Waals surface area contributed by atoms with Gasteiger partial charge in [0.05, 0.1) is 31.8 Å². The molecule has 2 heterocycles. The summed E-state index contributed by atoms with van der Waals surface area (Å²) in [5.74, 6) is -1.04. The number of carbonyl (C=O) groups is 2. The summed E-state index contributed by atoms with van der Waals surface area (Å²) in [5, 5.41) is 8.73. The normalized spacial score (nSPS) is 26.7. The molecule has 7 heteroatoms. The molecule has 114 valence electrons. The van der Waals surface area contributed by atoms with Crippen molar-refractivity contribution in [2.45, 2.75) is 31.5 Å². The van der Waals surface area contributed by atoms with Gasteiger partial charge in [0.25, 0.3) is 0 Å². The van der Waals surface area contributed by atoms with Gasteiger partial charge < -0.3 is 24.2 Å². The zero-order valence-electron chi connectivity index (χ0n) is 11.5. The van der Waals surface area contributed by atoms with Crippen molar-refractivity contribution in [1.82, 2.24) is 4.90 Å². The lowest BCUT2D eigenvalue weighted by Crippen LogP contribution is -2.47. The molecule has 2 rings (SSSR count). The van der Waals surface area contributed by atoms with Gasteiger partial charge in [-0.25, -0.2) is 0 Å². The van der Waals surface area contributed by atoms with Crippen molar-refractivity contribution >= 4 is 11.9 Å². The van der Waals surface area contributed by atoms with Crippen LogP contribution in [-0.2, 0) is 23.8 Å². The van der Waals surface area contributed by atoms with Crippen molar-refractivity contribution < 1.29 is 28.9 Å². The van der Waals surface area contributed by atoms with Crippen LogP contribution in [0.5, 0.6) is 0 Å². The van der Waals surface area contributed by atoms with Crippen LogP contribution in [0.2, 0.25) is 0 Å². The van der Waals surface area contributed by atoms with Crippen molar-refractivity contribution in [1.29, 1.82) is 0 Å². The largest absolute Gasteiger partial charge is 0.481 e. The van der Waals surface area contributed by atoms with Crippen LogP contribution >= 0.6 is 0 Å². The van der Waals surface area contributed by atoms with Gasteiger partial charge in [-0.1, -0.05) is 0 Å². The minimum absolute atomic E-state index is 0.0135. The van der Waals surface area contributed by atoms with Crippen LogP contribution in [0.3, 0.4) is 0 Å². The highest BCUT2D eigenvalue weighted by molar-refractivity contribution is 5.77. The molecule has 0 bridgehead atoms. The van der Waals surface area contributed by atoms with E-state index in [1.165, 1.54) is 0 Å². The van der Waals surface area contributed by atoms with E-state index in [1.807, 2.05) is 0 Å². The van der Waals surface area contributed by atoms with Gasteiger partial charge >= 0.3 is 5.97 Å². The quantitative estimate of drug-likeness (QED) is 0.733. The van der Waals surface area contributed by atoms with E-state index < -0.39 is 12.1 Å². The van der Waals surface area contributed by atoms with E-state index >= 15 is 0 Å². The van der Waals surface area contributed by atoms with Gasteiger partial charge in [-0.05, 0) is 12.8 Å². The molecule has 0 aromatic heterocycles. The predicted octanol–water partition coefficient (Wildman–Crippen LogP) is -0.116. The third-order valence-electron chi connectivity index (χ3n) is 3.45. The lowest BCUT2D eigenvalue weighted by molar-refractivity contribution is -0.150. The second-order valence-corrected chi connectivity index (χ2v) is 5.08. The van der Waals surface area contributed by atoms with E-state index in [4.69, 9.17) is 19.3 Å². The second-order valence-electron chi connectivity index (χ2n) is 5.08. The zero-order valence-corrected chi connectivity index (χ0v) is 11.5. The monoisotopic (exact) mass is 287 g/mol. The molecule has 0 unspecified atom stereocenters. The number of carboxylic acids is 1. The number of rotatable bonds is 6. The molecule has 1 N–H and O–H groups in total. The molecule has 2 saturated heterocycles. The molecule has 0 aliphatic carbocycles. The maximum absolute atomic E-state index is 12.0. The van der Waals surface area contributed by atoms with Crippen LogP contribution in [0, 0.1) is 0 Å². The molecular weight excluding hydrogens is 266 g/mol. The molecule has 2 atom stereocenters. The molecule has 0 aromatic carbocycles. The fraction of sp³-hybridized carbons (Fsp3) is 0.846. The molecular formula is C13H21NO6. The zero-order chi connectivity index (χ0) is 14.4. The SMILES string of the molecule is O=C(O)C[C@H]1CN(C(=O)COC[C@H]2CCCO2)CCO1. The van der Waals surface area contributed by atoms with Gasteiger partial charge in [-0.2, -0.15) is 0 Å². The van der Waals surface area contributed by atoms with Crippen LogP contribution in [0.1, 0.15) is 19.3 Å². The number of aliphatic carboxylic acids is 1. The smallest absolute Gasteiger partial charge is 0.306 e. The molecule has 0 spiro atoms. The van der Waals surface area contributed by atoms with E-state index in [-0.39, 0.29) is 25.0 Å². The summed E-state index contributed by atoms with van der Waals surface area (Å²) >= 11 is 0. The van der Waals surface area contributed by atoms with Gasteiger partial charge in [0.1, 0.15) is 6.61 Å². The minimum Gasteiger partial charge on any atom is -0.481 e. The number of amides is 1. The average Bonchev–Trinajstić information content (AvgIpc) is 2.91. The van der Waals surface area contributed by atoms with Crippen molar-refractivity contribution in [2.75, 3.05) is 39.5 Å². The van der Waals surface area contributed by atoms with E-state index in [9.17, 15) is 9.59 Å². The first kappa shape index (κ1) is 15.2. The number of morpholine rings is 1. The Bertz CT molecular complexity index is 342. The Morgan fingerprint density at radius 1 is 1.25 bits per heavy atom. The maximum atomic E-state index is 12.0. The summed E-state index contributed by atoms with van der Waals surface area (Å²) in [6, 6.07) is 0. The fourth-order valence-electron chi connectivity index (χ4n) is 2.41. The number of ether oxygens (including phenoxy) is 3. The first-order valence-electron chi connectivity index (χ1n) is 6.95. The Labute approximate surface area is 117 Å². The van der Waals surface area contributed by atoms with E-state index in [2.05, 4.69) is 0 Å². The molecule has 1 amide bonds. The summed E-state index contributed by atoms with van der Waals surface area (Å²) in [4.78, 5) is 24.2. The van der Waals surface area contributed by atoms with E-state index in [0.717, 1.165) is 19.4 Å². The Hall–Kier alpha value is -1.18. The lowest BCUT2D eigenvalue weighted by Gasteiger charge is -2.32. The number of hydrogen-bond donors (Lipinski definition) is 1. The highest BCUT2D eigenvalue weighted by atomic mass is 16.5. The molecule has 0 radical (unpaired) electrons. The maximum Gasteiger partial charge on any atom is 0.306 e. The third-order valence-corrected chi connectivity index (χ3v) is 3.45. The lowest BCUT2D eigenvalue weighted by atomic mass is 10.2. The van der Waals surface area contributed by atoms with Gasteiger partial charge in [-0.3, -0.25) is 9.59 Å². The van der Waals surface area contributed by atoms with Gasteiger partial charge in [-0.15, -0.1) is 0 Å². The van der Waals surface area contributed by atoms with Crippen LogP contribution in [0.15, 0.2) is 0 Å². The Morgan fingerprint density at radius 2 is 2.05 bits per heavy atom. The Kier molecular flexibility index (Phi) is 5.75. The summed E-state index contributed by atoms with van der Waals surface area (Å²) in [5.41, 5.74) is 0. The topological polar surface area (TPSA) is 85.3 Å². The molecule has 0 aromatic rings. The third kappa shape index (κ3) is 4.73. The molecule has 2 fully saturated rings. The minimum atomic E-state index is -0.918.